The number of aromatic hydroxyl groups is 1. The SMILES string of the molecule is COc1cc([C@@H]2NC(=S)N[C@@](O)(C(F)(F)F)[C@@H]2C(=O)c2cccs2)cc(OC)c1O. The van der Waals surface area contributed by atoms with Gasteiger partial charge in [0.1, 0.15) is 5.92 Å². The van der Waals surface area contributed by atoms with Crippen LogP contribution in [0.5, 0.6) is 17.2 Å². The van der Waals surface area contributed by atoms with E-state index in [2.05, 4.69) is 5.32 Å². The summed E-state index contributed by atoms with van der Waals surface area (Å²) in [6.45, 7) is 0. The zero-order chi connectivity index (χ0) is 22.3. The van der Waals surface area contributed by atoms with E-state index in [1.165, 1.54) is 43.9 Å². The maximum atomic E-state index is 14.0. The number of carbonyl (C=O) groups is 1. The predicted octanol–water partition coefficient (Wildman–Crippen LogP) is 2.74. The third kappa shape index (κ3) is 3.66. The van der Waals surface area contributed by atoms with Gasteiger partial charge in [-0.3, -0.25) is 4.79 Å². The molecule has 1 aliphatic heterocycles. The number of alkyl halides is 3. The van der Waals surface area contributed by atoms with Crippen LogP contribution in [0.15, 0.2) is 29.6 Å². The van der Waals surface area contributed by atoms with Gasteiger partial charge in [-0.05, 0) is 41.4 Å². The van der Waals surface area contributed by atoms with Crippen LogP contribution in [-0.2, 0) is 0 Å². The third-order valence-corrected chi connectivity index (χ3v) is 5.82. The highest BCUT2D eigenvalue weighted by Gasteiger charge is 2.66. The number of phenols is 1. The van der Waals surface area contributed by atoms with Crippen LogP contribution in [0.25, 0.3) is 0 Å². The summed E-state index contributed by atoms with van der Waals surface area (Å²) in [6, 6.07) is 3.96. The Kier molecular flexibility index (Phi) is 5.85. The summed E-state index contributed by atoms with van der Waals surface area (Å²) >= 11 is 5.83. The van der Waals surface area contributed by atoms with Crippen LogP contribution in [0, 0.1) is 5.92 Å². The topological polar surface area (TPSA) is 100 Å². The number of carbonyl (C=O) groups excluding carboxylic acids is 1. The summed E-state index contributed by atoms with van der Waals surface area (Å²) in [7, 11) is 2.50. The molecule has 3 atom stereocenters. The average molecular weight is 462 g/mol. The number of benzene rings is 1. The molecule has 0 amide bonds. The van der Waals surface area contributed by atoms with Crippen molar-refractivity contribution in [3.8, 4) is 17.2 Å². The molecule has 1 aromatic carbocycles. The zero-order valence-corrected chi connectivity index (χ0v) is 17.2. The molecule has 0 aliphatic carbocycles. The lowest BCUT2D eigenvalue weighted by molar-refractivity contribution is -0.285. The first-order valence-electron chi connectivity index (χ1n) is 8.44. The summed E-state index contributed by atoms with van der Waals surface area (Å²) in [5.41, 5.74) is -3.55. The molecule has 7 nitrogen and oxygen atoms in total. The van der Waals surface area contributed by atoms with Crippen molar-refractivity contribution in [3.05, 3.63) is 40.1 Å². The third-order valence-electron chi connectivity index (χ3n) is 4.71. The number of hydrogen-bond donors (Lipinski definition) is 4. The smallest absolute Gasteiger partial charge is 0.437 e. The molecule has 12 heteroatoms. The molecule has 0 spiro atoms. The Hall–Kier alpha value is -2.57. The number of Topliss-reactive ketones (excluding diaryl/α,β-unsaturated/α-hetero) is 1. The molecule has 1 aromatic heterocycles. The molecule has 0 unspecified atom stereocenters. The lowest BCUT2D eigenvalue weighted by Gasteiger charge is -2.46. The van der Waals surface area contributed by atoms with Crippen LogP contribution in [0.4, 0.5) is 13.2 Å². The largest absolute Gasteiger partial charge is 0.502 e. The summed E-state index contributed by atoms with van der Waals surface area (Å²) in [5, 5.41) is 26.3. The number of ether oxygens (including phenoxy) is 2. The summed E-state index contributed by atoms with van der Waals surface area (Å²) < 4.78 is 52.0. The minimum atomic E-state index is -5.24. The molecule has 1 saturated heterocycles. The predicted molar refractivity (Wildman–Crippen MR) is 106 cm³/mol. The Bertz CT molecular complexity index is 942. The fourth-order valence-electron chi connectivity index (χ4n) is 3.28. The Morgan fingerprint density at radius 1 is 1.27 bits per heavy atom. The van der Waals surface area contributed by atoms with E-state index in [-0.39, 0.29) is 27.7 Å². The molecule has 0 saturated carbocycles. The number of phenolic OH excluding ortho intramolecular Hbond substituents is 1. The van der Waals surface area contributed by atoms with Gasteiger partial charge < -0.3 is 30.3 Å². The van der Waals surface area contributed by atoms with E-state index >= 15 is 0 Å². The van der Waals surface area contributed by atoms with Crippen LogP contribution < -0.4 is 20.1 Å². The molecular weight excluding hydrogens is 445 g/mol. The summed E-state index contributed by atoms with van der Waals surface area (Å²) in [4.78, 5) is 13.1. The number of ketones is 1. The second-order valence-corrected chi connectivity index (χ2v) is 7.79. The highest BCUT2D eigenvalue weighted by molar-refractivity contribution is 7.80. The van der Waals surface area contributed by atoms with Gasteiger partial charge in [-0.1, -0.05) is 6.07 Å². The summed E-state index contributed by atoms with van der Waals surface area (Å²) in [6.07, 6.45) is -5.24. The van der Waals surface area contributed by atoms with E-state index in [9.17, 15) is 28.2 Å². The Morgan fingerprint density at radius 3 is 2.33 bits per heavy atom. The van der Waals surface area contributed by atoms with Gasteiger partial charge in [0.25, 0.3) is 0 Å². The van der Waals surface area contributed by atoms with Gasteiger partial charge in [0, 0.05) is 0 Å². The highest BCUT2D eigenvalue weighted by Crippen LogP contribution is 2.47. The van der Waals surface area contributed by atoms with Gasteiger partial charge in [-0.25, -0.2) is 0 Å². The first-order valence-corrected chi connectivity index (χ1v) is 9.72. The first kappa shape index (κ1) is 22.1. The van der Waals surface area contributed by atoms with Crippen molar-refractivity contribution >= 4 is 34.5 Å². The minimum Gasteiger partial charge on any atom is -0.502 e. The maximum absolute atomic E-state index is 14.0. The number of methoxy groups -OCH3 is 2. The molecule has 0 radical (unpaired) electrons. The van der Waals surface area contributed by atoms with Gasteiger partial charge >= 0.3 is 6.18 Å². The number of hydrogen-bond acceptors (Lipinski definition) is 7. The van der Waals surface area contributed by atoms with Crippen LogP contribution in [-0.4, -0.2) is 47.2 Å². The number of rotatable bonds is 5. The van der Waals surface area contributed by atoms with E-state index in [0.717, 1.165) is 11.3 Å². The second-order valence-electron chi connectivity index (χ2n) is 6.43. The van der Waals surface area contributed by atoms with Crippen LogP contribution in [0.1, 0.15) is 21.3 Å². The number of halogens is 3. The van der Waals surface area contributed by atoms with Crippen molar-refractivity contribution in [2.45, 2.75) is 17.9 Å². The molecular formula is C18H17F3N2O5S2. The monoisotopic (exact) mass is 462 g/mol. The lowest BCUT2D eigenvalue weighted by atomic mass is 9.78. The number of aliphatic hydroxyl groups is 1. The van der Waals surface area contributed by atoms with Gasteiger partial charge in [0.2, 0.25) is 11.5 Å². The molecule has 162 valence electrons. The van der Waals surface area contributed by atoms with E-state index in [0.29, 0.717) is 0 Å². The van der Waals surface area contributed by atoms with E-state index < -0.39 is 34.8 Å². The van der Waals surface area contributed by atoms with Crippen molar-refractivity contribution in [2.75, 3.05) is 14.2 Å². The molecule has 4 N–H and O–H groups in total. The van der Waals surface area contributed by atoms with Crippen molar-refractivity contribution in [2.24, 2.45) is 5.92 Å². The van der Waals surface area contributed by atoms with Crippen molar-refractivity contribution in [1.82, 2.24) is 10.6 Å². The molecule has 1 fully saturated rings. The molecule has 30 heavy (non-hydrogen) atoms. The molecule has 2 aromatic rings. The maximum Gasteiger partial charge on any atom is 0.437 e. The average Bonchev–Trinajstić information content (AvgIpc) is 3.21. The van der Waals surface area contributed by atoms with Crippen LogP contribution in [0.2, 0.25) is 0 Å². The van der Waals surface area contributed by atoms with Crippen LogP contribution in [0.3, 0.4) is 0 Å². The highest BCUT2D eigenvalue weighted by atomic mass is 32.1. The quantitative estimate of drug-likeness (QED) is 0.398. The fraction of sp³-hybridized carbons (Fsp3) is 0.333. The van der Waals surface area contributed by atoms with Crippen LogP contribution >= 0.6 is 23.6 Å². The normalized spacial score (nSPS) is 24.0. The first-order chi connectivity index (χ1) is 14.0. The Labute approximate surface area is 178 Å². The van der Waals surface area contributed by atoms with Crippen molar-refractivity contribution in [3.63, 3.8) is 0 Å². The standard InChI is InChI=1S/C18H17F3N2O5S2/c1-27-9-6-8(7-10(28-2)14(9)24)13-12(15(25)11-4-3-5-30-11)17(26,18(19,20)21)23-16(29)22-13/h3-7,12-13,24,26H,1-2H3,(H2,22,23,29)/t12-,13-,17-/m0/s1. The Balaban J connectivity index is 2.22. The van der Waals surface area contributed by atoms with E-state index in [4.69, 9.17) is 21.7 Å². The lowest BCUT2D eigenvalue weighted by Crippen LogP contribution is -2.72. The van der Waals surface area contributed by atoms with Crippen molar-refractivity contribution < 1.29 is 37.7 Å². The van der Waals surface area contributed by atoms with Gasteiger partial charge in [0.15, 0.2) is 22.4 Å². The second kappa shape index (κ2) is 7.93. The summed E-state index contributed by atoms with van der Waals surface area (Å²) in [5.74, 6) is -3.54. The molecule has 0 bridgehead atoms. The number of thiocarbonyl (C=S) groups is 1. The number of thiophene rings is 1. The van der Waals surface area contributed by atoms with Gasteiger partial charge in [0.05, 0.1) is 25.1 Å². The van der Waals surface area contributed by atoms with Gasteiger partial charge in [-0.15, -0.1) is 11.3 Å². The fourth-order valence-corrected chi connectivity index (χ4v) is 4.27. The molecule has 2 heterocycles. The van der Waals surface area contributed by atoms with Crippen molar-refractivity contribution in [1.29, 1.82) is 0 Å². The van der Waals surface area contributed by atoms with E-state index in [1.54, 1.807) is 0 Å². The molecule has 1 aliphatic rings. The number of nitrogens with one attached hydrogen (secondary N) is 2. The van der Waals surface area contributed by atoms with Gasteiger partial charge in [-0.2, -0.15) is 13.2 Å². The van der Waals surface area contributed by atoms with E-state index in [1.807, 2.05) is 5.32 Å². The Morgan fingerprint density at radius 2 is 1.87 bits per heavy atom. The minimum absolute atomic E-state index is 0.0294. The molecule has 3 rings (SSSR count). The zero-order valence-electron chi connectivity index (χ0n) is 15.6.